The maximum atomic E-state index is 5.97. The van der Waals surface area contributed by atoms with Crippen LogP contribution in [0, 0.1) is 12.8 Å². The third-order valence-corrected chi connectivity index (χ3v) is 4.71. The fourth-order valence-corrected chi connectivity index (χ4v) is 3.32. The highest BCUT2D eigenvalue weighted by Gasteiger charge is 2.29. The molecule has 5 heteroatoms. The monoisotopic (exact) mass is 355 g/mol. The van der Waals surface area contributed by atoms with Gasteiger partial charge in [-0.15, -0.1) is 0 Å². The maximum absolute atomic E-state index is 5.97. The molecule has 1 aliphatic heterocycles. The summed E-state index contributed by atoms with van der Waals surface area (Å²) in [7, 11) is 0. The molecular formula is C21H29N3O2. The SMILES string of the molecule is CCNC(=NCC1CCOC1c1ccccc1)NC(C)c1ccc(C)o1. The number of rotatable bonds is 6. The van der Waals surface area contributed by atoms with Crippen LogP contribution in [0.1, 0.15) is 49.5 Å². The highest BCUT2D eigenvalue weighted by molar-refractivity contribution is 5.80. The molecule has 1 saturated heterocycles. The van der Waals surface area contributed by atoms with Gasteiger partial charge in [-0.3, -0.25) is 4.99 Å². The summed E-state index contributed by atoms with van der Waals surface area (Å²) in [4.78, 5) is 4.82. The van der Waals surface area contributed by atoms with Crippen LogP contribution < -0.4 is 10.6 Å². The van der Waals surface area contributed by atoms with E-state index in [1.807, 2.05) is 25.1 Å². The fraction of sp³-hybridized carbons (Fsp3) is 0.476. The zero-order valence-corrected chi connectivity index (χ0v) is 15.9. The first-order valence-electron chi connectivity index (χ1n) is 9.45. The Balaban J connectivity index is 1.64. The van der Waals surface area contributed by atoms with Gasteiger partial charge in [0.25, 0.3) is 0 Å². The van der Waals surface area contributed by atoms with E-state index in [1.165, 1.54) is 5.56 Å². The maximum Gasteiger partial charge on any atom is 0.191 e. The number of nitrogens with one attached hydrogen (secondary N) is 2. The topological polar surface area (TPSA) is 58.8 Å². The molecule has 2 aromatic rings. The van der Waals surface area contributed by atoms with Gasteiger partial charge in [-0.1, -0.05) is 30.3 Å². The minimum Gasteiger partial charge on any atom is -0.464 e. The van der Waals surface area contributed by atoms with Crippen LogP contribution in [0.3, 0.4) is 0 Å². The molecule has 1 fully saturated rings. The van der Waals surface area contributed by atoms with Crippen molar-refractivity contribution in [3.8, 4) is 0 Å². The van der Waals surface area contributed by atoms with Crippen LogP contribution in [0.4, 0.5) is 0 Å². The van der Waals surface area contributed by atoms with E-state index in [0.717, 1.165) is 43.6 Å². The summed E-state index contributed by atoms with van der Waals surface area (Å²) < 4.78 is 11.7. The lowest BCUT2D eigenvalue weighted by Crippen LogP contribution is -2.39. The van der Waals surface area contributed by atoms with E-state index in [9.17, 15) is 0 Å². The third-order valence-electron chi connectivity index (χ3n) is 4.71. The van der Waals surface area contributed by atoms with Crippen molar-refractivity contribution in [1.29, 1.82) is 0 Å². The summed E-state index contributed by atoms with van der Waals surface area (Å²) in [6.07, 6.45) is 1.17. The first-order valence-corrected chi connectivity index (χ1v) is 9.45. The predicted octanol–water partition coefficient (Wildman–Crippen LogP) is 3.98. The molecular weight excluding hydrogens is 326 g/mol. The predicted molar refractivity (Wildman–Crippen MR) is 104 cm³/mol. The molecule has 0 aliphatic carbocycles. The number of nitrogens with zero attached hydrogens (tertiary/aromatic N) is 1. The van der Waals surface area contributed by atoms with E-state index < -0.39 is 0 Å². The smallest absolute Gasteiger partial charge is 0.191 e. The van der Waals surface area contributed by atoms with Crippen molar-refractivity contribution in [3.63, 3.8) is 0 Å². The Hall–Kier alpha value is -2.27. The molecule has 5 nitrogen and oxygen atoms in total. The van der Waals surface area contributed by atoms with Crippen molar-refractivity contribution in [2.45, 2.75) is 39.3 Å². The van der Waals surface area contributed by atoms with Gasteiger partial charge in [-0.05, 0) is 44.9 Å². The normalized spacial score (nSPS) is 21.6. The number of guanidine groups is 1. The molecule has 2 N–H and O–H groups in total. The van der Waals surface area contributed by atoms with E-state index in [-0.39, 0.29) is 12.1 Å². The Bertz CT molecular complexity index is 711. The van der Waals surface area contributed by atoms with Crippen molar-refractivity contribution >= 4 is 5.96 Å². The summed E-state index contributed by atoms with van der Waals surface area (Å²) in [5, 5.41) is 6.76. The van der Waals surface area contributed by atoms with Gasteiger partial charge < -0.3 is 19.8 Å². The standard InChI is InChI=1S/C21H29N3O2/c1-4-22-21(24-16(3)19-11-10-15(2)26-19)23-14-18-12-13-25-20(18)17-8-6-5-7-9-17/h5-11,16,18,20H,4,12-14H2,1-3H3,(H2,22,23,24). The molecule has 2 heterocycles. The van der Waals surface area contributed by atoms with Gasteiger partial charge in [0.2, 0.25) is 0 Å². The van der Waals surface area contributed by atoms with Crippen LogP contribution in [0.15, 0.2) is 51.9 Å². The molecule has 3 unspecified atom stereocenters. The summed E-state index contributed by atoms with van der Waals surface area (Å²) >= 11 is 0. The third kappa shape index (κ3) is 4.67. The molecule has 0 bridgehead atoms. The number of aryl methyl sites for hydroxylation is 1. The van der Waals surface area contributed by atoms with Crippen LogP contribution in [0.2, 0.25) is 0 Å². The summed E-state index contributed by atoms with van der Waals surface area (Å²) in [6, 6.07) is 14.5. The van der Waals surface area contributed by atoms with Gasteiger partial charge in [0.05, 0.1) is 12.1 Å². The molecule has 3 atom stereocenters. The van der Waals surface area contributed by atoms with Gasteiger partial charge in [0, 0.05) is 25.6 Å². The Morgan fingerprint density at radius 1 is 1.23 bits per heavy atom. The van der Waals surface area contributed by atoms with Crippen molar-refractivity contribution < 1.29 is 9.15 Å². The van der Waals surface area contributed by atoms with E-state index >= 15 is 0 Å². The Labute approximate surface area is 155 Å². The second kappa shape index (κ2) is 8.90. The number of hydrogen-bond acceptors (Lipinski definition) is 3. The van der Waals surface area contributed by atoms with Crippen LogP contribution >= 0.6 is 0 Å². The van der Waals surface area contributed by atoms with Crippen LogP contribution in [0.5, 0.6) is 0 Å². The van der Waals surface area contributed by atoms with Gasteiger partial charge in [-0.25, -0.2) is 0 Å². The van der Waals surface area contributed by atoms with Gasteiger partial charge in [0.1, 0.15) is 11.5 Å². The second-order valence-electron chi connectivity index (χ2n) is 6.78. The fourth-order valence-electron chi connectivity index (χ4n) is 3.32. The van der Waals surface area contributed by atoms with E-state index in [0.29, 0.717) is 5.92 Å². The minimum atomic E-state index is 0.0613. The largest absolute Gasteiger partial charge is 0.464 e. The van der Waals surface area contributed by atoms with Crippen LogP contribution in [-0.4, -0.2) is 25.7 Å². The molecule has 1 aromatic carbocycles. The Morgan fingerprint density at radius 2 is 2.04 bits per heavy atom. The van der Waals surface area contributed by atoms with E-state index in [1.54, 1.807) is 0 Å². The quantitative estimate of drug-likeness (QED) is 0.608. The van der Waals surface area contributed by atoms with Crippen molar-refractivity contribution in [1.82, 2.24) is 10.6 Å². The average Bonchev–Trinajstić information content (AvgIpc) is 3.29. The number of furan rings is 1. The zero-order valence-electron chi connectivity index (χ0n) is 15.9. The minimum absolute atomic E-state index is 0.0613. The summed E-state index contributed by atoms with van der Waals surface area (Å²) in [5.41, 5.74) is 1.24. The molecule has 26 heavy (non-hydrogen) atoms. The highest BCUT2D eigenvalue weighted by atomic mass is 16.5. The van der Waals surface area contributed by atoms with Gasteiger partial charge >= 0.3 is 0 Å². The molecule has 0 radical (unpaired) electrons. The average molecular weight is 355 g/mol. The molecule has 3 rings (SSSR count). The Kier molecular flexibility index (Phi) is 6.34. The number of aliphatic imine (C=N–C) groups is 1. The van der Waals surface area contributed by atoms with Crippen LogP contribution in [-0.2, 0) is 4.74 Å². The van der Waals surface area contributed by atoms with Crippen molar-refractivity contribution in [2.24, 2.45) is 10.9 Å². The molecule has 0 spiro atoms. The van der Waals surface area contributed by atoms with Crippen molar-refractivity contribution in [3.05, 3.63) is 59.5 Å². The molecule has 1 aromatic heterocycles. The van der Waals surface area contributed by atoms with Crippen LogP contribution in [0.25, 0.3) is 0 Å². The molecule has 0 saturated carbocycles. The van der Waals surface area contributed by atoms with Gasteiger partial charge in [0.15, 0.2) is 5.96 Å². The molecule has 1 aliphatic rings. The molecule has 0 amide bonds. The Morgan fingerprint density at radius 3 is 2.73 bits per heavy atom. The van der Waals surface area contributed by atoms with E-state index in [2.05, 4.69) is 48.7 Å². The highest BCUT2D eigenvalue weighted by Crippen LogP contribution is 2.34. The number of hydrogen-bond donors (Lipinski definition) is 2. The number of benzene rings is 1. The first kappa shape index (κ1) is 18.5. The number of ether oxygens (including phenoxy) is 1. The lowest BCUT2D eigenvalue weighted by atomic mass is 9.95. The lowest BCUT2D eigenvalue weighted by Gasteiger charge is -2.19. The van der Waals surface area contributed by atoms with E-state index in [4.69, 9.17) is 14.1 Å². The lowest BCUT2D eigenvalue weighted by molar-refractivity contribution is 0.0925. The first-order chi connectivity index (χ1) is 12.7. The summed E-state index contributed by atoms with van der Waals surface area (Å²) in [6.45, 7) is 8.46. The molecule has 140 valence electrons. The van der Waals surface area contributed by atoms with Crippen molar-refractivity contribution in [2.75, 3.05) is 19.7 Å². The summed E-state index contributed by atoms with van der Waals surface area (Å²) in [5.74, 6) is 3.05. The van der Waals surface area contributed by atoms with Gasteiger partial charge in [-0.2, -0.15) is 0 Å². The zero-order chi connectivity index (χ0) is 18.4. The second-order valence-corrected chi connectivity index (χ2v) is 6.78.